The molecule has 1 heterocycles. The number of amides is 2. The van der Waals surface area contributed by atoms with E-state index >= 15 is 0 Å². The second-order valence-electron chi connectivity index (χ2n) is 5.97. The first-order valence-corrected chi connectivity index (χ1v) is 9.33. The quantitative estimate of drug-likeness (QED) is 0.905. The van der Waals surface area contributed by atoms with Crippen LogP contribution in [0.1, 0.15) is 19.8 Å². The van der Waals surface area contributed by atoms with Crippen molar-refractivity contribution < 1.29 is 4.79 Å². The molecule has 0 radical (unpaired) electrons. The molecule has 5 heteroatoms. The molecule has 1 aliphatic heterocycles. The van der Waals surface area contributed by atoms with E-state index in [2.05, 4.69) is 54.7 Å². The third-order valence-electron chi connectivity index (χ3n) is 4.25. The van der Waals surface area contributed by atoms with Gasteiger partial charge >= 0.3 is 6.03 Å². The molecule has 122 valence electrons. The first-order chi connectivity index (χ1) is 10.6. The van der Waals surface area contributed by atoms with Crippen molar-refractivity contribution in [3.8, 4) is 0 Å². The van der Waals surface area contributed by atoms with Gasteiger partial charge in [0.25, 0.3) is 0 Å². The second-order valence-corrected chi connectivity index (χ2v) is 6.88. The Morgan fingerprint density at radius 3 is 2.59 bits per heavy atom. The summed E-state index contributed by atoms with van der Waals surface area (Å²) in [5.74, 6) is 0.957. The zero-order chi connectivity index (χ0) is 15.9. The molecule has 0 saturated carbocycles. The van der Waals surface area contributed by atoms with Crippen molar-refractivity contribution in [2.24, 2.45) is 0 Å². The van der Waals surface area contributed by atoms with E-state index in [4.69, 9.17) is 0 Å². The van der Waals surface area contributed by atoms with Gasteiger partial charge in [-0.2, -0.15) is 11.8 Å². The molecular formula is C17H27N3OS. The molecule has 0 aromatic heterocycles. The summed E-state index contributed by atoms with van der Waals surface area (Å²) < 4.78 is 0. The van der Waals surface area contributed by atoms with E-state index in [0.717, 1.165) is 31.7 Å². The average Bonchev–Trinajstić information content (AvgIpc) is 2.55. The highest BCUT2D eigenvalue weighted by Crippen LogP contribution is 2.21. The molecule has 0 aliphatic carbocycles. The van der Waals surface area contributed by atoms with Gasteiger partial charge in [-0.1, -0.05) is 18.2 Å². The van der Waals surface area contributed by atoms with Gasteiger partial charge in [0, 0.05) is 43.7 Å². The molecule has 1 aromatic carbocycles. The Morgan fingerprint density at radius 2 is 2.00 bits per heavy atom. The molecule has 0 unspecified atom stereocenters. The molecule has 2 amide bonds. The fourth-order valence-electron chi connectivity index (χ4n) is 2.92. The van der Waals surface area contributed by atoms with Crippen LogP contribution in [0.25, 0.3) is 0 Å². The normalized spacial score (nSPS) is 17.1. The van der Waals surface area contributed by atoms with Gasteiger partial charge in [0.15, 0.2) is 0 Å². The molecule has 1 aliphatic rings. The fourth-order valence-corrected chi connectivity index (χ4v) is 3.51. The van der Waals surface area contributed by atoms with Gasteiger partial charge in [-0.25, -0.2) is 4.79 Å². The van der Waals surface area contributed by atoms with E-state index in [0.29, 0.717) is 6.04 Å². The van der Waals surface area contributed by atoms with Crippen LogP contribution in [0.5, 0.6) is 0 Å². The first-order valence-electron chi connectivity index (χ1n) is 7.94. The Hall–Kier alpha value is -1.36. The maximum Gasteiger partial charge on any atom is 0.317 e. The number of carbonyl (C=O) groups is 1. The summed E-state index contributed by atoms with van der Waals surface area (Å²) in [5.41, 5.74) is 1.25. The lowest BCUT2D eigenvalue weighted by Crippen LogP contribution is -2.50. The smallest absolute Gasteiger partial charge is 0.317 e. The molecular weight excluding hydrogens is 294 g/mol. The van der Waals surface area contributed by atoms with Crippen LogP contribution in [0.3, 0.4) is 0 Å². The minimum absolute atomic E-state index is 0.0855. The van der Waals surface area contributed by atoms with E-state index < -0.39 is 0 Å². The van der Waals surface area contributed by atoms with Crippen molar-refractivity contribution in [2.75, 3.05) is 37.0 Å². The molecule has 0 bridgehead atoms. The summed E-state index contributed by atoms with van der Waals surface area (Å²) in [6.07, 6.45) is 4.11. The molecule has 1 fully saturated rings. The number of urea groups is 1. The van der Waals surface area contributed by atoms with Crippen LogP contribution < -0.4 is 10.2 Å². The number of nitrogens with one attached hydrogen (secondary N) is 1. The molecule has 4 nitrogen and oxygen atoms in total. The summed E-state index contributed by atoms with van der Waals surface area (Å²) in [6.45, 7) is 3.73. The Bertz CT molecular complexity index is 460. The summed E-state index contributed by atoms with van der Waals surface area (Å²) in [4.78, 5) is 16.5. The van der Waals surface area contributed by atoms with Gasteiger partial charge in [0.05, 0.1) is 0 Å². The van der Waals surface area contributed by atoms with E-state index in [1.54, 1.807) is 11.8 Å². The number of rotatable bonds is 5. The van der Waals surface area contributed by atoms with Gasteiger partial charge in [-0.3, -0.25) is 0 Å². The van der Waals surface area contributed by atoms with Crippen molar-refractivity contribution in [1.82, 2.24) is 10.2 Å². The fraction of sp³-hybridized carbons (Fsp3) is 0.588. The number of anilines is 1. The number of hydrogen-bond donors (Lipinski definition) is 1. The summed E-state index contributed by atoms with van der Waals surface area (Å²) in [5, 5.41) is 3.08. The van der Waals surface area contributed by atoms with Crippen molar-refractivity contribution in [3.63, 3.8) is 0 Å². The van der Waals surface area contributed by atoms with Gasteiger partial charge in [0.1, 0.15) is 0 Å². The number of piperidine rings is 1. The number of benzene rings is 1. The van der Waals surface area contributed by atoms with E-state index in [1.807, 2.05) is 11.0 Å². The highest BCUT2D eigenvalue weighted by molar-refractivity contribution is 7.98. The predicted octanol–water partition coefficient (Wildman–Crippen LogP) is 3.05. The molecule has 22 heavy (non-hydrogen) atoms. The molecule has 1 saturated heterocycles. The molecule has 0 spiro atoms. The third kappa shape index (κ3) is 4.57. The first kappa shape index (κ1) is 17.0. The van der Waals surface area contributed by atoms with Crippen molar-refractivity contribution >= 4 is 23.5 Å². The molecule has 1 atom stereocenters. The lowest BCUT2D eigenvalue weighted by atomic mass is 10.0. The maximum atomic E-state index is 12.2. The zero-order valence-electron chi connectivity index (χ0n) is 13.8. The highest BCUT2D eigenvalue weighted by atomic mass is 32.2. The standard InChI is InChI=1S/C17H27N3OS/c1-14(13-22-3)18-17(21)20-11-9-16(10-12-20)19(2)15-7-5-4-6-8-15/h4-8,14,16H,9-13H2,1-3H3,(H,18,21)/t14-/m0/s1. The summed E-state index contributed by atoms with van der Waals surface area (Å²) in [6, 6.07) is 11.3. The summed E-state index contributed by atoms with van der Waals surface area (Å²) in [7, 11) is 2.15. The average molecular weight is 321 g/mol. The van der Waals surface area contributed by atoms with E-state index in [1.165, 1.54) is 5.69 Å². The topological polar surface area (TPSA) is 35.6 Å². The van der Waals surface area contributed by atoms with Crippen molar-refractivity contribution in [3.05, 3.63) is 30.3 Å². The number of hydrogen-bond acceptors (Lipinski definition) is 3. The van der Waals surface area contributed by atoms with Gasteiger partial charge in [-0.15, -0.1) is 0 Å². The third-order valence-corrected chi connectivity index (χ3v) is 5.08. The number of thioether (sulfide) groups is 1. The predicted molar refractivity (Wildman–Crippen MR) is 95.8 cm³/mol. The molecule has 1 N–H and O–H groups in total. The van der Waals surface area contributed by atoms with E-state index in [9.17, 15) is 4.79 Å². The van der Waals surface area contributed by atoms with Crippen LogP contribution in [0, 0.1) is 0 Å². The number of carbonyl (C=O) groups excluding carboxylic acids is 1. The Balaban J connectivity index is 1.81. The van der Waals surface area contributed by atoms with E-state index in [-0.39, 0.29) is 12.1 Å². The highest BCUT2D eigenvalue weighted by Gasteiger charge is 2.25. The summed E-state index contributed by atoms with van der Waals surface area (Å²) >= 11 is 1.76. The Kier molecular flexibility index (Phi) is 6.43. The number of para-hydroxylation sites is 1. The minimum atomic E-state index is 0.0855. The zero-order valence-corrected chi connectivity index (χ0v) is 14.6. The maximum absolute atomic E-state index is 12.2. The van der Waals surface area contributed by atoms with Crippen LogP contribution in [0.4, 0.5) is 10.5 Å². The van der Waals surface area contributed by atoms with Crippen molar-refractivity contribution in [2.45, 2.75) is 31.8 Å². The van der Waals surface area contributed by atoms with Crippen LogP contribution >= 0.6 is 11.8 Å². The van der Waals surface area contributed by atoms with Gasteiger partial charge in [0.2, 0.25) is 0 Å². The lowest BCUT2D eigenvalue weighted by Gasteiger charge is -2.38. The molecule has 1 aromatic rings. The number of nitrogens with zero attached hydrogens (tertiary/aromatic N) is 2. The Labute approximate surface area is 138 Å². The minimum Gasteiger partial charge on any atom is -0.371 e. The SMILES string of the molecule is CSC[C@H](C)NC(=O)N1CCC(N(C)c2ccccc2)CC1. The van der Waals surface area contributed by atoms with Crippen LogP contribution in [0.15, 0.2) is 30.3 Å². The Morgan fingerprint density at radius 1 is 1.36 bits per heavy atom. The second kappa shape index (κ2) is 8.32. The largest absolute Gasteiger partial charge is 0.371 e. The van der Waals surface area contributed by atoms with Crippen LogP contribution in [-0.4, -0.2) is 55.2 Å². The van der Waals surface area contributed by atoms with Crippen molar-refractivity contribution in [1.29, 1.82) is 0 Å². The van der Waals surface area contributed by atoms with Gasteiger partial charge < -0.3 is 15.1 Å². The monoisotopic (exact) mass is 321 g/mol. The lowest BCUT2D eigenvalue weighted by molar-refractivity contribution is 0.179. The van der Waals surface area contributed by atoms with Gasteiger partial charge in [-0.05, 0) is 38.2 Å². The van der Waals surface area contributed by atoms with Crippen LogP contribution in [-0.2, 0) is 0 Å². The molecule has 2 rings (SSSR count). The van der Waals surface area contributed by atoms with Crippen LogP contribution in [0.2, 0.25) is 0 Å². The number of likely N-dealkylation sites (tertiary alicyclic amines) is 1.